The molecule has 0 aliphatic heterocycles. The van der Waals surface area contributed by atoms with E-state index in [1.54, 1.807) is 24.5 Å². The lowest BCUT2D eigenvalue weighted by molar-refractivity contribution is 0.0982. The zero-order valence-corrected chi connectivity index (χ0v) is 10.8. The van der Waals surface area contributed by atoms with E-state index in [0.717, 1.165) is 0 Å². The molecule has 0 saturated carbocycles. The molecule has 2 aromatic heterocycles. The van der Waals surface area contributed by atoms with Crippen LogP contribution in [0.5, 0.6) is 0 Å². The number of aromatic amines is 1. The number of rotatable bonds is 1. The van der Waals surface area contributed by atoms with E-state index in [0.29, 0.717) is 11.4 Å². The second kappa shape index (κ2) is 4.29. The van der Waals surface area contributed by atoms with Gasteiger partial charge in [0.25, 0.3) is 0 Å². The Morgan fingerprint density at radius 3 is 2.32 bits per heavy atom. The van der Waals surface area contributed by atoms with Crippen molar-refractivity contribution < 1.29 is 9.59 Å². The van der Waals surface area contributed by atoms with Crippen LogP contribution in [0.1, 0.15) is 21.0 Å². The molecule has 2 aromatic rings. The predicted molar refractivity (Wildman–Crippen MR) is 69.2 cm³/mol. The van der Waals surface area contributed by atoms with E-state index >= 15 is 0 Å². The Hall–Kier alpha value is -1.98. The maximum absolute atomic E-state index is 11.9. The molecule has 5 nitrogen and oxygen atoms in total. The predicted octanol–water partition coefficient (Wildman–Crippen LogP) is 2.54. The lowest BCUT2D eigenvalue weighted by Gasteiger charge is -2.07. The van der Waals surface area contributed by atoms with Crippen LogP contribution in [0.25, 0.3) is 11.4 Å². The summed E-state index contributed by atoms with van der Waals surface area (Å²) in [5.74, 6) is -0.697. The van der Waals surface area contributed by atoms with Gasteiger partial charge < -0.3 is 4.98 Å². The maximum atomic E-state index is 11.9. The summed E-state index contributed by atoms with van der Waals surface area (Å²) in [6, 6.07) is 3.41. The Balaban J connectivity index is 2.17. The van der Waals surface area contributed by atoms with E-state index in [1.807, 2.05) is 0 Å². The number of fused-ring (bicyclic) bond motifs is 1. The fraction of sp³-hybridized carbons (Fsp3) is 0. The first-order valence-electron chi connectivity index (χ1n) is 5.24. The molecule has 0 fully saturated rings. The zero-order chi connectivity index (χ0) is 13.6. The molecule has 0 aromatic carbocycles. The molecule has 0 spiro atoms. The molecule has 0 saturated heterocycles. The molecule has 0 unspecified atom stereocenters. The summed E-state index contributed by atoms with van der Waals surface area (Å²) in [5.41, 5.74) is 0.759. The third-order valence-corrected chi connectivity index (χ3v) is 3.51. The Morgan fingerprint density at radius 1 is 1.00 bits per heavy atom. The van der Waals surface area contributed by atoms with Gasteiger partial charge >= 0.3 is 0 Å². The second-order valence-corrected chi connectivity index (χ2v) is 4.59. The number of carbonyl (C=O) groups is 2. The Morgan fingerprint density at radius 2 is 1.63 bits per heavy atom. The summed E-state index contributed by atoms with van der Waals surface area (Å²) < 4.78 is 0. The molecule has 0 radical (unpaired) electrons. The molecule has 1 aliphatic carbocycles. The number of hydrogen-bond acceptors (Lipinski definition) is 4. The highest BCUT2D eigenvalue weighted by Crippen LogP contribution is 2.30. The van der Waals surface area contributed by atoms with Crippen molar-refractivity contribution in [3.05, 3.63) is 46.0 Å². The van der Waals surface area contributed by atoms with E-state index in [2.05, 4.69) is 15.0 Å². The summed E-state index contributed by atoms with van der Waals surface area (Å²) in [6.45, 7) is 0. The maximum Gasteiger partial charge on any atom is 0.226 e. The van der Waals surface area contributed by atoms with Crippen molar-refractivity contribution in [3.63, 3.8) is 0 Å². The Bertz CT molecular complexity index is 693. The number of halogens is 2. The van der Waals surface area contributed by atoms with Crippen molar-refractivity contribution in [1.29, 1.82) is 0 Å². The van der Waals surface area contributed by atoms with Gasteiger partial charge in [0.1, 0.15) is 27.3 Å². The zero-order valence-electron chi connectivity index (χ0n) is 9.28. The highest BCUT2D eigenvalue weighted by molar-refractivity contribution is 6.59. The van der Waals surface area contributed by atoms with Crippen LogP contribution in [0, 0.1) is 0 Å². The third kappa shape index (κ3) is 1.78. The number of pyridine rings is 1. The van der Waals surface area contributed by atoms with Crippen molar-refractivity contribution in [2.24, 2.45) is 0 Å². The highest BCUT2D eigenvalue weighted by Gasteiger charge is 2.34. The van der Waals surface area contributed by atoms with E-state index in [4.69, 9.17) is 23.2 Å². The van der Waals surface area contributed by atoms with Gasteiger partial charge in [-0.1, -0.05) is 23.2 Å². The lowest BCUT2D eigenvalue weighted by atomic mass is 10.1. The molecule has 94 valence electrons. The number of H-pyrrole nitrogens is 1. The van der Waals surface area contributed by atoms with Crippen LogP contribution in [0.3, 0.4) is 0 Å². The minimum atomic E-state index is -0.558. The molecule has 0 atom stereocenters. The van der Waals surface area contributed by atoms with Gasteiger partial charge in [-0.25, -0.2) is 4.98 Å². The summed E-state index contributed by atoms with van der Waals surface area (Å²) in [7, 11) is 0. The molecular formula is C12H5Cl2N3O2. The molecule has 1 aliphatic rings. The second-order valence-electron chi connectivity index (χ2n) is 3.83. The summed E-state index contributed by atoms with van der Waals surface area (Å²) >= 11 is 11.4. The van der Waals surface area contributed by atoms with E-state index < -0.39 is 11.6 Å². The number of aromatic nitrogens is 3. The number of nitrogens with zero attached hydrogens (tertiary/aromatic N) is 2. The van der Waals surface area contributed by atoms with Crippen molar-refractivity contribution in [1.82, 2.24) is 15.0 Å². The first kappa shape index (κ1) is 12.1. The topological polar surface area (TPSA) is 75.7 Å². The number of imidazole rings is 1. The first-order valence-corrected chi connectivity index (χ1v) is 6.00. The van der Waals surface area contributed by atoms with Gasteiger partial charge in [-0.15, -0.1) is 0 Å². The van der Waals surface area contributed by atoms with E-state index in [-0.39, 0.29) is 21.5 Å². The Labute approximate surface area is 117 Å². The van der Waals surface area contributed by atoms with Crippen molar-refractivity contribution in [3.8, 4) is 11.4 Å². The van der Waals surface area contributed by atoms with Crippen LogP contribution < -0.4 is 0 Å². The molecule has 0 bridgehead atoms. The van der Waals surface area contributed by atoms with Gasteiger partial charge in [-0.2, -0.15) is 0 Å². The van der Waals surface area contributed by atoms with Crippen LogP contribution in [0.2, 0.25) is 0 Å². The van der Waals surface area contributed by atoms with Crippen LogP contribution in [0.4, 0.5) is 0 Å². The Kier molecular flexibility index (Phi) is 2.73. The number of nitrogens with one attached hydrogen (secondary N) is 1. The average molecular weight is 294 g/mol. The van der Waals surface area contributed by atoms with Crippen molar-refractivity contribution >= 4 is 34.8 Å². The largest absolute Gasteiger partial charge is 0.335 e. The van der Waals surface area contributed by atoms with E-state index in [9.17, 15) is 9.59 Å². The number of ketones is 2. The first-order chi connectivity index (χ1) is 9.09. The molecular weight excluding hydrogens is 289 g/mol. The van der Waals surface area contributed by atoms with Crippen LogP contribution in [-0.2, 0) is 0 Å². The van der Waals surface area contributed by atoms with Crippen LogP contribution in [0.15, 0.2) is 34.6 Å². The number of carbonyl (C=O) groups excluding carboxylic acids is 2. The van der Waals surface area contributed by atoms with Crippen molar-refractivity contribution in [2.45, 2.75) is 0 Å². The SMILES string of the molecule is O=C1C(Cl)=C(Cl)C(=O)c2[nH]c(-c3ccncc3)nc21. The van der Waals surface area contributed by atoms with Gasteiger partial charge in [0.2, 0.25) is 11.6 Å². The lowest BCUT2D eigenvalue weighted by Crippen LogP contribution is -2.17. The fourth-order valence-electron chi connectivity index (χ4n) is 1.76. The van der Waals surface area contributed by atoms with Crippen molar-refractivity contribution in [2.75, 3.05) is 0 Å². The van der Waals surface area contributed by atoms with Gasteiger partial charge in [0, 0.05) is 18.0 Å². The fourth-order valence-corrected chi connectivity index (χ4v) is 2.12. The molecule has 3 rings (SSSR count). The molecule has 1 N–H and O–H groups in total. The number of Topliss-reactive ketones (excluding diaryl/α,β-unsaturated/α-hetero) is 2. The minimum absolute atomic E-state index is 0.00814. The molecule has 2 heterocycles. The van der Waals surface area contributed by atoms with Crippen LogP contribution in [-0.4, -0.2) is 26.5 Å². The van der Waals surface area contributed by atoms with Crippen LogP contribution >= 0.6 is 23.2 Å². The number of hydrogen-bond donors (Lipinski definition) is 1. The highest BCUT2D eigenvalue weighted by atomic mass is 35.5. The normalized spacial score (nSPS) is 14.8. The average Bonchev–Trinajstić information content (AvgIpc) is 2.89. The molecule has 7 heteroatoms. The van der Waals surface area contributed by atoms with E-state index in [1.165, 1.54) is 0 Å². The van der Waals surface area contributed by atoms with Gasteiger partial charge in [0.15, 0.2) is 0 Å². The summed E-state index contributed by atoms with van der Waals surface area (Å²) in [6.07, 6.45) is 3.16. The quantitative estimate of drug-likeness (QED) is 0.877. The minimum Gasteiger partial charge on any atom is -0.335 e. The summed E-state index contributed by atoms with van der Waals surface area (Å²) in [4.78, 5) is 34.6. The third-order valence-electron chi connectivity index (χ3n) is 2.69. The molecule has 19 heavy (non-hydrogen) atoms. The smallest absolute Gasteiger partial charge is 0.226 e. The molecule has 0 amide bonds. The van der Waals surface area contributed by atoms with Gasteiger partial charge in [0.05, 0.1) is 0 Å². The number of allylic oxidation sites excluding steroid dienone is 2. The van der Waals surface area contributed by atoms with Gasteiger partial charge in [-0.05, 0) is 12.1 Å². The summed E-state index contributed by atoms with van der Waals surface area (Å²) in [5, 5.41) is -0.587. The standard InChI is InChI=1S/C12H5Cl2N3O2/c13-6-7(14)11(19)9-8(10(6)18)16-12(17-9)5-1-3-15-4-2-5/h1-4H,(H,16,17). The van der Waals surface area contributed by atoms with Gasteiger partial charge in [-0.3, -0.25) is 14.6 Å². The monoisotopic (exact) mass is 293 g/mol.